The molecular weight excluding hydrogens is 257 g/mol. The quantitative estimate of drug-likeness (QED) is 0.909. The third kappa shape index (κ3) is 3.04. The monoisotopic (exact) mass is 275 g/mol. The minimum Gasteiger partial charge on any atom is -0.438 e. The Labute approximate surface area is 117 Å². The number of rotatable bonds is 2. The van der Waals surface area contributed by atoms with E-state index < -0.39 is 0 Å². The minimum absolute atomic E-state index is 0.248. The van der Waals surface area contributed by atoms with Crippen LogP contribution in [0.5, 0.6) is 11.6 Å². The van der Waals surface area contributed by atoms with Crippen LogP contribution >= 0.6 is 0 Å². The van der Waals surface area contributed by atoms with Crippen LogP contribution in [-0.4, -0.2) is 9.97 Å². The largest absolute Gasteiger partial charge is 0.438 e. The molecular formula is C15H18FN3O. The Kier molecular flexibility index (Phi) is 3.61. The van der Waals surface area contributed by atoms with Gasteiger partial charge in [-0.2, -0.15) is 4.98 Å². The molecule has 0 unspecified atom stereocenters. The molecule has 0 aliphatic rings. The maximum Gasteiger partial charge on any atom is 0.227 e. The van der Waals surface area contributed by atoms with Gasteiger partial charge in [-0.1, -0.05) is 26.8 Å². The highest BCUT2D eigenvalue weighted by Gasteiger charge is 2.21. The molecule has 0 amide bonds. The molecule has 2 aromatic rings. The van der Waals surface area contributed by atoms with E-state index in [9.17, 15) is 4.39 Å². The van der Waals surface area contributed by atoms with Gasteiger partial charge in [-0.05, 0) is 19.1 Å². The lowest BCUT2D eigenvalue weighted by molar-refractivity contribution is 0.439. The average Bonchev–Trinajstić information content (AvgIpc) is 2.33. The van der Waals surface area contributed by atoms with Crippen molar-refractivity contribution in [3.63, 3.8) is 0 Å². The second-order valence-corrected chi connectivity index (χ2v) is 5.67. The topological polar surface area (TPSA) is 61.0 Å². The highest BCUT2D eigenvalue weighted by Crippen LogP contribution is 2.29. The van der Waals surface area contributed by atoms with E-state index in [1.165, 1.54) is 12.1 Å². The van der Waals surface area contributed by atoms with E-state index in [-0.39, 0.29) is 11.2 Å². The van der Waals surface area contributed by atoms with Crippen molar-refractivity contribution >= 4 is 5.82 Å². The average molecular weight is 275 g/mol. The molecule has 2 N–H and O–H groups in total. The normalized spacial score (nSPS) is 11.4. The standard InChI is InChI=1S/C15H18FN3O/c1-9-12(17)18-14(15(2,3)4)19-13(9)20-11-7-5-6-10(16)8-11/h5-8H,1-4H3,(H2,17,18,19). The van der Waals surface area contributed by atoms with E-state index in [2.05, 4.69) is 9.97 Å². The van der Waals surface area contributed by atoms with Crippen LogP contribution in [-0.2, 0) is 5.41 Å². The van der Waals surface area contributed by atoms with Crippen molar-refractivity contribution < 1.29 is 9.13 Å². The number of nitrogens with two attached hydrogens (primary N) is 1. The minimum atomic E-state index is -0.363. The summed E-state index contributed by atoms with van der Waals surface area (Å²) in [5.41, 5.74) is 6.29. The van der Waals surface area contributed by atoms with Crippen molar-refractivity contribution in [3.05, 3.63) is 41.5 Å². The number of ether oxygens (including phenoxy) is 1. The fourth-order valence-electron chi connectivity index (χ4n) is 1.59. The van der Waals surface area contributed by atoms with Crippen molar-refractivity contribution in [2.45, 2.75) is 33.1 Å². The fourth-order valence-corrected chi connectivity index (χ4v) is 1.59. The van der Waals surface area contributed by atoms with Crippen LogP contribution in [0.25, 0.3) is 0 Å². The van der Waals surface area contributed by atoms with Crippen molar-refractivity contribution in [3.8, 4) is 11.6 Å². The predicted molar refractivity (Wildman–Crippen MR) is 76.4 cm³/mol. The molecule has 0 atom stereocenters. The van der Waals surface area contributed by atoms with E-state index in [1.807, 2.05) is 20.8 Å². The van der Waals surface area contributed by atoms with Gasteiger partial charge in [0.05, 0.1) is 5.56 Å². The first-order chi connectivity index (χ1) is 9.27. The number of anilines is 1. The number of benzene rings is 1. The Morgan fingerprint density at radius 3 is 2.50 bits per heavy atom. The van der Waals surface area contributed by atoms with Gasteiger partial charge in [-0.25, -0.2) is 9.37 Å². The van der Waals surface area contributed by atoms with Crippen LogP contribution in [0.15, 0.2) is 24.3 Å². The van der Waals surface area contributed by atoms with Crippen LogP contribution in [0, 0.1) is 12.7 Å². The van der Waals surface area contributed by atoms with E-state index in [4.69, 9.17) is 10.5 Å². The molecule has 0 radical (unpaired) electrons. The van der Waals surface area contributed by atoms with Gasteiger partial charge in [0.15, 0.2) is 0 Å². The van der Waals surface area contributed by atoms with Gasteiger partial charge in [0, 0.05) is 11.5 Å². The van der Waals surface area contributed by atoms with Crippen LogP contribution in [0.1, 0.15) is 32.2 Å². The molecule has 106 valence electrons. The second-order valence-electron chi connectivity index (χ2n) is 5.67. The van der Waals surface area contributed by atoms with Crippen molar-refractivity contribution in [1.82, 2.24) is 9.97 Å². The van der Waals surface area contributed by atoms with Gasteiger partial charge < -0.3 is 10.5 Å². The van der Waals surface area contributed by atoms with Crippen molar-refractivity contribution in [2.75, 3.05) is 5.73 Å². The van der Waals surface area contributed by atoms with Crippen molar-refractivity contribution in [1.29, 1.82) is 0 Å². The van der Waals surface area contributed by atoms with E-state index in [1.54, 1.807) is 19.1 Å². The SMILES string of the molecule is Cc1c(N)nc(C(C)(C)C)nc1Oc1cccc(F)c1. The van der Waals surface area contributed by atoms with Gasteiger partial charge in [0.1, 0.15) is 23.2 Å². The van der Waals surface area contributed by atoms with Gasteiger partial charge in [-0.15, -0.1) is 0 Å². The Balaban J connectivity index is 2.43. The summed E-state index contributed by atoms with van der Waals surface area (Å²) >= 11 is 0. The Hall–Kier alpha value is -2.17. The first-order valence-electron chi connectivity index (χ1n) is 6.35. The highest BCUT2D eigenvalue weighted by molar-refractivity contribution is 5.46. The van der Waals surface area contributed by atoms with Crippen LogP contribution < -0.4 is 10.5 Å². The maximum atomic E-state index is 13.2. The molecule has 1 aromatic heterocycles. The zero-order valence-electron chi connectivity index (χ0n) is 12.1. The molecule has 0 fully saturated rings. The summed E-state index contributed by atoms with van der Waals surface area (Å²) in [5, 5.41) is 0. The summed E-state index contributed by atoms with van der Waals surface area (Å²) < 4.78 is 18.8. The smallest absolute Gasteiger partial charge is 0.227 e. The molecule has 0 bridgehead atoms. The van der Waals surface area contributed by atoms with E-state index in [0.29, 0.717) is 28.8 Å². The molecule has 0 spiro atoms. The van der Waals surface area contributed by atoms with Crippen molar-refractivity contribution in [2.24, 2.45) is 0 Å². The van der Waals surface area contributed by atoms with Gasteiger partial charge in [0.25, 0.3) is 0 Å². The lowest BCUT2D eigenvalue weighted by Crippen LogP contribution is -2.18. The molecule has 2 rings (SSSR count). The van der Waals surface area contributed by atoms with Gasteiger partial charge >= 0.3 is 0 Å². The van der Waals surface area contributed by atoms with E-state index >= 15 is 0 Å². The third-order valence-corrected chi connectivity index (χ3v) is 2.82. The molecule has 0 aliphatic carbocycles. The second kappa shape index (κ2) is 5.07. The van der Waals surface area contributed by atoms with Crippen LogP contribution in [0.2, 0.25) is 0 Å². The molecule has 5 heteroatoms. The summed E-state index contributed by atoms with van der Waals surface area (Å²) in [6, 6.07) is 5.90. The number of hydrogen-bond acceptors (Lipinski definition) is 4. The first kappa shape index (κ1) is 14.2. The van der Waals surface area contributed by atoms with E-state index in [0.717, 1.165) is 0 Å². The molecule has 4 nitrogen and oxygen atoms in total. The summed E-state index contributed by atoms with van der Waals surface area (Å²) in [6.07, 6.45) is 0. The summed E-state index contributed by atoms with van der Waals surface area (Å²) in [4.78, 5) is 8.67. The molecule has 0 saturated heterocycles. The van der Waals surface area contributed by atoms with Gasteiger partial charge in [0.2, 0.25) is 5.88 Å². The lowest BCUT2D eigenvalue weighted by Gasteiger charge is -2.19. The molecule has 0 saturated carbocycles. The molecule has 0 aliphatic heterocycles. The third-order valence-electron chi connectivity index (χ3n) is 2.82. The Morgan fingerprint density at radius 2 is 1.90 bits per heavy atom. The zero-order chi connectivity index (χ0) is 14.9. The Morgan fingerprint density at radius 1 is 1.20 bits per heavy atom. The van der Waals surface area contributed by atoms with Gasteiger partial charge in [-0.3, -0.25) is 0 Å². The predicted octanol–water partition coefficient (Wildman–Crippen LogP) is 3.60. The van der Waals surface area contributed by atoms with Crippen LogP contribution in [0.4, 0.5) is 10.2 Å². The molecule has 1 heterocycles. The summed E-state index contributed by atoms with van der Waals surface area (Å²) in [6.45, 7) is 7.74. The van der Waals surface area contributed by atoms with Crippen LogP contribution in [0.3, 0.4) is 0 Å². The lowest BCUT2D eigenvalue weighted by atomic mass is 9.95. The summed E-state index contributed by atoms with van der Waals surface area (Å²) in [5.74, 6) is 1.33. The number of nitrogens with zero attached hydrogens (tertiary/aromatic N) is 2. The number of halogens is 1. The number of aromatic nitrogens is 2. The Bertz CT molecular complexity index is 636. The fraction of sp³-hybridized carbons (Fsp3) is 0.333. The number of nitrogen functional groups attached to an aromatic ring is 1. The highest BCUT2D eigenvalue weighted by atomic mass is 19.1. The number of hydrogen-bond donors (Lipinski definition) is 1. The first-order valence-corrected chi connectivity index (χ1v) is 6.35. The molecule has 1 aromatic carbocycles. The zero-order valence-corrected chi connectivity index (χ0v) is 12.1. The summed E-state index contributed by atoms with van der Waals surface area (Å²) in [7, 11) is 0. The molecule has 20 heavy (non-hydrogen) atoms. The maximum absolute atomic E-state index is 13.2.